The fourth-order valence-corrected chi connectivity index (χ4v) is 4.13. The number of nitrogens with zero attached hydrogens (tertiary/aromatic N) is 2. The quantitative estimate of drug-likeness (QED) is 0.316. The lowest BCUT2D eigenvalue weighted by molar-refractivity contribution is -0.117. The number of carbonyl (C=O) groups is 1. The van der Waals surface area contributed by atoms with Crippen molar-refractivity contribution >= 4 is 38.7 Å². The van der Waals surface area contributed by atoms with Crippen LogP contribution in [0.1, 0.15) is 19.3 Å². The van der Waals surface area contributed by atoms with Gasteiger partial charge in [0.15, 0.2) is 0 Å². The predicted molar refractivity (Wildman–Crippen MR) is 123 cm³/mol. The summed E-state index contributed by atoms with van der Waals surface area (Å²) in [6, 6.07) is 11.2. The summed E-state index contributed by atoms with van der Waals surface area (Å²) in [7, 11) is 0.0540. The van der Waals surface area contributed by atoms with Crippen LogP contribution in [-0.4, -0.2) is 56.4 Å². The summed E-state index contributed by atoms with van der Waals surface area (Å²) in [6.45, 7) is 1.77. The monoisotopic (exact) mass is 457 g/mol. The average molecular weight is 458 g/mol. The van der Waals surface area contributed by atoms with Crippen molar-refractivity contribution in [2.45, 2.75) is 24.2 Å². The highest BCUT2D eigenvalue weighted by atomic mass is 32.2. The molecule has 1 amide bonds. The molecule has 32 heavy (non-hydrogen) atoms. The van der Waals surface area contributed by atoms with Crippen LogP contribution in [0.5, 0.6) is 5.75 Å². The summed E-state index contributed by atoms with van der Waals surface area (Å²) in [5.41, 5.74) is 2.02. The molecule has 170 valence electrons. The fourth-order valence-electron chi connectivity index (χ4n) is 3.20. The zero-order valence-electron chi connectivity index (χ0n) is 18.1. The molecule has 4 rings (SSSR count). The van der Waals surface area contributed by atoms with Gasteiger partial charge in [-0.2, -0.15) is 8.42 Å². The van der Waals surface area contributed by atoms with Crippen molar-refractivity contribution in [2.24, 2.45) is 5.92 Å². The molecule has 0 bridgehead atoms. The Morgan fingerprint density at radius 1 is 1.19 bits per heavy atom. The molecule has 10 heteroatoms. The number of hydrogen-bond acceptors (Lipinski definition) is 7. The van der Waals surface area contributed by atoms with E-state index in [0.29, 0.717) is 17.0 Å². The van der Waals surface area contributed by atoms with Crippen molar-refractivity contribution in [1.29, 1.82) is 0 Å². The summed E-state index contributed by atoms with van der Waals surface area (Å²) in [5.74, 6) is 0.492. The number of aromatic nitrogens is 2. The lowest BCUT2D eigenvalue weighted by atomic mass is 10.3. The second-order valence-electron chi connectivity index (χ2n) is 8.17. The van der Waals surface area contributed by atoms with Crippen molar-refractivity contribution in [3.8, 4) is 5.75 Å². The molecule has 0 atom stereocenters. The van der Waals surface area contributed by atoms with Crippen LogP contribution in [0.3, 0.4) is 0 Å². The molecule has 0 aliphatic heterocycles. The Bertz CT molecular complexity index is 1200. The highest BCUT2D eigenvalue weighted by molar-refractivity contribution is 7.87. The molecule has 0 unspecified atom stereocenters. The largest absolute Gasteiger partial charge is 0.385 e. The lowest BCUT2D eigenvalue weighted by Crippen LogP contribution is -2.16. The van der Waals surface area contributed by atoms with Crippen molar-refractivity contribution in [3.63, 3.8) is 0 Å². The van der Waals surface area contributed by atoms with Gasteiger partial charge in [0.1, 0.15) is 10.6 Å². The Kier molecular flexibility index (Phi) is 6.33. The van der Waals surface area contributed by atoms with E-state index in [1.807, 2.05) is 14.1 Å². The molecule has 3 N–H and O–H groups in total. The van der Waals surface area contributed by atoms with E-state index in [1.54, 1.807) is 24.3 Å². The summed E-state index contributed by atoms with van der Waals surface area (Å²) in [5, 5.41) is 6.01. The third-order valence-corrected chi connectivity index (χ3v) is 6.37. The van der Waals surface area contributed by atoms with Crippen molar-refractivity contribution in [2.75, 3.05) is 37.8 Å². The molecule has 0 radical (unpaired) electrons. The van der Waals surface area contributed by atoms with Crippen molar-refractivity contribution < 1.29 is 17.4 Å². The summed E-state index contributed by atoms with van der Waals surface area (Å²) in [6.07, 6.45) is 2.78. The van der Waals surface area contributed by atoms with Crippen LogP contribution in [0.2, 0.25) is 0 Å². The number of imidazole rings is 1. The first-order chi connectivity index (χ1) is 15.3. The van der Waals surface area contributed by atoms with Gasteiger partial charge in [-0.25, -0.2) is 4.98 Å². The van der Waals surface area contributed by atoms with Gasteiger partial charge in [0.05, 0.1) is 11.0 Å². The maximum Gasteiger partial charge on any atom is 0.339 e. The maximum atomic E-state index is 12.7. The number of amides is 1. The second kappa shape index (κ2) is 9.17. The van der Waals surface area contributed by atoms with E-state index in [4.69, 9.17) is 4.18 Å². The topological polar surface area (TPSA) is 116 Å². The maximum absolute atomic E-state index is 12.7. The minimum Gasteiger partial charge on any atom is -0.385 e. The Balaban J connectivity index is 1.40. The third-order valence-electron chi connectivity index (χ3n) is 5.10. The van der Waals surface area contributed by atoms with Crippen LogP contribution in [0.25, 0.3) is 11.0 Å². The normalized spacial score (nSPS) is 14.0. The molecule has 1 aromatic heterocycles. The number of carbonyl (C=O) groups excluding carboxylic acids is 1. The zero-order chi connectivity index (χ0) is 22.7. The minimum atomic E-state index is -3.99. The number of rotatable bonds is 10. The molecule has 0 saturated heterocycles. The second-order valence-corrected chi connectivity index (χ2v) is 9.72. The molecular formula is C22H27N5O4S. The summed E-state index contributed by atoms with van der Waals surface area (Å²) < 4.78 is 30.7. The highest BCUT2D eigenvalue weighted by Gasteiger charge is 2.30. The smallest absolute Gasteiger partial charge is 0.339 e. The van der Waals surface area contributed by atoms with Crippen molar-refractivity contribution in [3.05, 3.63) is 42.5 Å². The van der Waals surface area contributed by atoms with Crippen molar-refractivity contribution in [1.82, 2.24) is 14.9 Å². The van der Waals surface area contributed by atoms with Gasteiger partial charge < -0.3 is 19.4 Å². The van der Waals surface area contributed by atoms with E-state index in [2.05, 4.69) is 25.5 Å². The molecule has 1 fully saturated rings. The van der Waals surface area contributed by atoms with E-state index in [9.17, 15) is 13.2 Å². The van der Waals surface area contributed by atoms with Gasteiger partial charge in [-0.1, -0.05) is 0 Å². The number of aromatic amines is 1. The van der Waals surface area contributed by atoms with Gasteiger partial charge in [0.25, 0.3) is 0 Å². The van der Waals surface area contributed by atoms with Gasteiger partial charge >= 0.3 is 10.1 Å². The molecule has 1 aliphatic carbocycles. The van der Waals surface area contributed by atoms with Gasteiger partial charge in [0, 0.05) is 24.2 Å². The molecule has 0 spiro atoms. The highest BCUT2D eigenvalue weighted by Crippen LogP contribution is 2.30. The summed E-state index contributed by atoms with van der Waals surface area (Å²) >= 11 is 0. The van der Waals surface area contributed by atoms with E-state index >= 15 is 0 Å². The van der Waals surface area contributed by atoms with Gasteiger partial charge in [-0.3, -0.25) is 10.1 Å². The third kappa shape index (κ3) is 5.57. The molecule has 2 aromatic carbocycles. The molecule has 1 aliphatic rings. The standard InChI is InChI=1S/C22H27N5O4S/c1-27(2)13-3-12-23-16-6-9-18(10-7-16)32(29,30)31-17-8-11-19-20(14-17)25-22(24-19)26-21(28)15-4-5-15/h6-11,14-15,23H,3-5,12-13H2,1-2H3,(H2,24,25,26,28). The Morgan fingerprint density at radius 2 is 1.94 bits per heavy atom. The molecule has 1 saturated carbocycles. The van der Waals surface area contributed by atoms with Crippen LogP contribution in [-0.2, 0) is 14.9 Å². The van der Waals surface area contributed by atoms with Gasteiger partial charge in [-0.05, 0) is 76.3 Å². The van der Waals surface area contributed by atoms with Gasteiger partial charge in [0.2, 0.25) is 11.9 Å². The van der Waals surface area contributed by atoms with Crippen LogP contribution < -0.4 is 14.8 Å². The number of fused-ring (bicyclic) bond motifs is 1. The number of H-pyrrole nitrogens is 1. The average Bonchev–Trinajstić information content (AvgIpc) is 3.52. The Labute approximate surface area is 187 Å². The molecule has 3 aromatic rings. The van der Waals surface area contributed by atoms with Gasteiger partial charge in [-0.15, -0.1) is 0 Å². The predicted octanol–water partition coefficient (Wildman–Crippen LogP) is 3.04. The van der Waals surface area contributed by atoms with Crippen LogP contribution >= 0.6 is 0 Å². The Morgan fingerprint density at radius 3 is 2.62 bits per heavy atom. The van der Waals surface area contributed by atoms with Crippen LogP contribution in [0.4, 0.5) is 11.6 Å². The first-order valence-electron chi connectivity index (χ1n) is 10.5. The number of hydrogen-bond donors (Lipinski definition) is 3. The summed E-state index contributed by atoms with van der Waals surface area (Å²) in [4.78, 5) is 21.4. The minimum absolute atomic E-state index is 0.0567. The van der Waals surface area contributed by atoms with Crippen LogP contribution in [0.15, 0.2) is 47.4 Å². The number of anilines is 2. The van der Waals surface area contributed by atoms with E-state index in [1.165, 1.54) is 18.2 Å². The lowest BCUT2D eigenvalue weighted by Gasteiger charge is -2.11. The molecule has 1 heterocycles. The van der Waals surface area contributed by atoms with Crippen LogP contribution in [0, 0.1) is 5.92 Å². The first kappa shape index (κ1) is 22.1. The number of benzene rings is 2. The SMILES string of the molecule is CN(C)CCCNc1ccc(S(=O)(=O)Oc2ccc3[nH]c(NC(=O)C4CC4)nc3c2)cc1. The van der Waals surface area contributed by atoms with E-state index in [0.717, 1.165) is 38.0 Å². The Hall–Kier alpha value is -3.11. The van der Waals surface area contributed by atoms with E-state index < -0.39 is 10.1 Å². The zero-order valence-corrected chi connectivity index (χ0v) is 18.9. The molecular weight excluding hydrogens is 430 g/mol. The van der Waals surface area contributed by atoms with E-state index in [-0.39, 0.29) is 22.5 Å². The first-order valence-corrected chi connectivity index (χ1v) is 11.9. The number of nitrogens with one attached hydrogen (secondary N) is 3. The molecule has 9 nitrogen and oxygen atoms in total. The fraction of sp³-hybridized carbons (Fsp3) is 0.364.